The van der Waals surface area contributed by atoms with E-state index >= 15 is 0 Å². The van der Waals surface area contributed by atoms with Gasteiger partial charge in [0.15, 0.2) is 5.96 Å². The minimum Gasteiger partial charge on any atom is -0.356 e. The Morgan fingerprint density at radius 1 is 1.04 bits per heavy atom. The Morgan fingerprint density at radius 3 is 2.41 bits per heavy atom. The summed E-state index contributed by atoms with van der Waals surface area (Å²) in [6, 6.07) is 14.9. The maximum Gasteiger partial charge on any atom is 0.193 e. The first-order chi connectivity index (χ1) is 12.7. The van der Waals surface area contributed by atoms with Gasteiger partial charge in [0.25, 0.3) is 0 Å². The molecule has 0 spiro atoms. The van der Waals surface area contributed by atoms with Crippen LogP contribution < -0.4 is 5.32 Å². The lowest BCUT2D eigenvalue weighted by Crippen LogP contribution is -2.52. The maximum absolute atomic E-state index is 4.46. The van der Waals surface area contributed by atoms with Crippen LogP contribution in [0.3, 0.4) is 0 Å². The Kier molecular flexibility index (Phi) is 9.00. The zero-order valence-corrected chi connectivity index (χ0v) is 18.6. The Hall–Kier alpha value is -1.67. The predicted octanol–water partition coefficient (Wildman–Crippen LogP) is 2.94. The molecule has 2 aromatic rings. The molecule has 3 rings (SSSR count). The van der Waals surface area contributed by atoms with Crippen LogP contribution in [0.4, 0.5) is 0 Å². The fraction of sp³-hybridized carbons (Fsp3) is 0.429. The second-order valence-electron chi connectivity index (χ2n) is 6.78. The quantitative estimate of drug-likeness (QED) is 0.407. The van der Waals surface area contributed by atoms with Gasteiger partial charge in [0, 0.05) is 58.2 Å². The van der Waals surface area contributed by atoms with E-state index in [-0.39, 0.29) is 24.0 Å². The number of benzene rings is 1. The summed E-state index contributed by atoms with van der Waals surface area (Å²) in [5, 5.41) is 3.50. The van der Waals surface area contributed by atoms with Crippen molar-refractivity contribution >= 4 is 29.9 Å². The molecule has 1 aromatic heterocycles. The fourth-order valence-electron chi connectivity index (χ4n) is 3.26. The van der Waals surface area contributed by atoms with Gasteiger partial charge >= 0.3 is 0 Å². The summed E-state index contributed by atoms with van der Waals surface area (Å²) in [5.41, 5.74) is 3.70. The number of hydrogen-bond donors (Lipinski definition) is 1. The van der Waals surface area contributed by atoms with Gasteiger partial charge in [-0.3, -0.25) is 14.9 Å². The van der Waals surface area contributed by atoms with Crippen LogP contribution in [0.25, 0.3) is 0 Å². The van der Waals surface area contributed by atoms with Crippen molar-refractivity contribution in [2.75, 3.05) is 39.8 Å². The van der Waals surface area contributed by atoms with Crippen molar-refractivity contribution in [1.29, 1.82) is 0 Å². The van der Waals surface area contributed by atoms with Gasteiger partial charge in [-0.05, 0) is 30.5 Å². The molecule has 0 atom stereocenters. The van der Waals surface area contributed by atoms with Gasteiger partial charge < -0.3 is 10.2 Å². The van der Waals surface area contributed by atoms with Crippen molar-refractivity contribution in [3.8, 4) is 0 Å². The highest BCUT2D eigenvalue weighted by molar-refractivity contribution is 14.0. The van der Waals surface area contributed by atoms with E-state index in [1.807, 2.05) is 20.2 Å². The van der Waals surface area contributed by atoms with Crippen molar-refractivity contribution < 1.29 is 0 Å². The molecule has 1 saturated heterocycles. The number of nitrogens with zero attached hydrogens (tertiary/aromatic N) is 4. The summed E-state index contributed by atoms with van der Waals surface area (Å²) in [4.78, 5) is 13.7. The van der Waals surface area contributed by atoms with Crippen LogP contribution in [-0.2, 0) is 13.0 Å². The first-order valence-electron chi connectivity index (χ1n) is 9.38. The van der Waals surface area contributed by atoms with Crippen molar-refractivity contribution in [3.63, 3.8) is 0 Å². The number of aliphatic imine (C=N–C) groups is 1. The smallest absolute Gasteiger partial charge is 0.193 e. The van der Waals surface area contributed by atoms with Crippen LogP contribution in [0.5, 0.6) is 0 Å². The van der Waals surface area contributed by atoms with E-state index in [0.717, 1.165) is 57.3 Å². The zero-order chi connectivity index (χ0) is 18.2. The molecule has 27 heavy (non-hydrogen) atoms. The molecule has 0 unspecified atom stereocenters. The van der Waals surface area contributed by atoms with Gasteiger partial charge in [-0.2, -0.15) is 0 Å². The van der Waals surface area contributed by atoms with Crippen LogP contribution in [0.15, 0.2) is 53.7 Å². The molecule has 1 aliphatic heterocycles. The highest BCUT2D eigenvalue weighted by atomic mass is 127. The van der Waals surface area contributed by atoms with E-state index in [1.165, 1.54) is 11.1 Å². The number of pyridine rings is 1. The lowest BCUT2D eigenvalue weighted by Gasteiger charge is -2.36. The number of hydrogen-bond acceptors (Lipinski definition) is 3. The molecular formula is C21H30IN5. The van der Waals surface area contributed by atoms with E-state index in [2.05, 4.69) is 67.6 Å². The summed E-state index contributed by atoms with van der Waals surface area (Å²) in [5.74, 6) is 1.00. The summed E-state index contributed by atoms with van der Waals surface area (Å²) < 4.78 is 0. The Morgan fingerprint density at radius 2 is 1.78 bits per heavy atom. The second-order valence-corrected chi connectivity index (χ2v) is 6.78. The number of halogens is 1. The maximum atomic E-state index is 4.46. The molecule has 1 aliphatic rings. The van der Waals surface area contributed by atoms with Crippen molar-refractivity contribution in [3.05, 3.63) is 65.5 Å². The van der Waals surface area contributed by atoms with Crippen LogP contribution in [0.1, 0.15) is 16.8 Å². The molecule has 1 fully saturated rings. The molecule has 1 N–H and O–H groups in total. The third-order valence-electron chi connectivity index (χ3n) is 4.80. The fourth-order valence-corrected chi connectivity index (χ4v) is 3.26. The SMILES string of the molecule is CN=C(NCCc1ccc(C)nc1)N1CCN(Cc2ccccc2)CC1.I. The van der Waals surface area contributed by atoms with Crippen molar-refractivity contribution in [2.24, 2.45) is 4.99 Å². The Labute approximate surface area is 179 Å². The normalized spacial score (nSPS) is 15.3. The Bertz CT molecular complexity index is 694. The molecule has 0 saturated carbocycles. The summed E-state index contributed by atoms with van der Waals surface area (Å²) in [7, 11) is 1.87. The van der Waals surface area contributed by atoms with Crippen molar-refractivity contribution in [1.82, 2.24) is 20.1 Å². The number of piperazine rings is 1. The number of nitrogens with one attached hydrogen (secondary N) is 1. The van der Waals surface area contributed by atoms with E-state index in [0.29, 0.717) is 0 Å². The largest absolute Gasteiger partial charge is 0.356 e. The lowest BCUT2D eigenvalue weighted by atomic mass is 10.2. The van der Waals surface area contributed by atoms with E-state index in [4.69, 9.17) is 0 Å². The number of rotatable bonds is 5. The minimum absolute atomic E-state index is 0. The molecular weight excluding hydrogens is 449 g/mol. The van der Waals surface area contributed by atoms with Gasteiger partial charge in [-0.1, -0.05) is 36.4 Å². The number of aryl methyl sites for hydroxylation is 1. The lowest BCUT2D eigenvalue weighted by molar-refractivity contribution is 0.172. The Balaban J connectivity index is 0.00000261. The highest BCUT2D eigenvalue weighted by Crippen LogP contribution is 2.08. The predicted molar refractivity (Wildman–Crippen MR) is 123 cm³/mol. The summed E-state index contributed by atoms with van der Waals surface area (Å²) in [6.45, 7) is 8.08. The number of guanidine groups is 1. The van der Waals surface area contributed by atoms with Gasteiger partial charge in [0.05, 0.1) is 0 Å². The van der Waals surface area contributed by atoms with E-state index in [1.54, 1.807) is 0 Å². The summed E-state index contributed by atoms with van der Waals surface area (Å²) >= 11 is 0. The number of aromatic nitrogens is 1. The van der Waals surface area contributed by atoms with Crippen LogP contribution in [0, 0.1) is 6.92 Å². The van der Waals surface area contributed by atoms with E-state index in [9.17, 15) is 0 Å². The zero-order valence-electron chi connectivity index (χ0n) is 16.3. The van der Waals surface area contributed by atoms with Crippen LogP contribution >= 0.6 is 24.0 Å². The molecule has 2 heterocycles. The minimum atomic E-state index is 0. The summed E-state index contributed by atoms with van der Waals surface area (Å²) in [6.07, 6.45) is 2.92. The average molecular weight is 479 g/mol. The second kappa shape index (κ2) is 11.2. The van der Waals surface area contributed by atoms with Gasteiger partial charge in [0.2, 0.25) is 0 Å². The first-order valence-corrected chi connectivity index (χ1v) is 9.38. The third-order valence-corrected chi connectivity index (χ3v) is 4.80. The average Bonchev–Trinajstić information content (AvgIpc) is 2.68. The molecule has 0 radical (unpaired) electrons. The standard InChI is InChI=1S/C21H29N5.HI/c1-18-8-9-19(16-24-18)10-11-23-21(22-2)26-14-12-25(13-15-26)17-20-6-4-3-5-7-20;/h3-9,16H,10-15,17H2,1-2H3,(H,22,23);1H. The van der Waals surface area contributed by atoms with Gasteiger partial charge in [-0.15, -0.1) is 24.0 Å². The molecule has 0 aliphatic carbocycles. The first kappa shape index (κ1) is 21.6. The molecule has 5 nitrogen and oxygen atoms in total. The molecule has 0 bridgehead atoms. The third kappa shape index (κ3) is 6.77. The highest BCUT2D eigenvalue weighted by Gasteiger charge is 2.19. The van der Waals surface area contributed by atoms with Crippen LogP contribution in [-0.4, -0.2) is 60.5 Å². The van der Waals surface area contributed by atoms with E-state index < -0.39 is 0 Å². The van der Waals surface area contributed by atoms with Crippen molar-refractivity contribution in [2.45, 2.75) is 19.9 Å². The molecule has 6 heteroatoms. The topological polar surface area (TPSA) is 43.8 Å². The molecule has 146 valence electrons. The van der Waals surface area contributed by atoms with Crippen LogP contribution in [0.2, 0.25) is 0 Å². The molecule has 0 amide bonds. The molecule has 1 aromatic carbocycles. The monoisotopic (exact) mass is 479 g/mol. The van der Waals surface area contributed by atoms with Gasteiger partial charge in [-0.25, -0.2) is 0 Å². The van der Waals surface area contributed by atoms with Gasteiger partial charge in [0.1, 0.15) is 0 Å².